The van der Waals surface area contributed by atoms with Crippen LogP contribution in [0.2, 0.25) is 0 Å². The smallest absolute Gasteiger partial charge is 0.0708 e. The number of rotatable bonds is 2. The molecule has 1 fully saturated rings. The van der Waals surface area contributed by atoms with Gasteiger partial charge in [-0.3, -0.25) is 0 Å². The van der Waals surface area contributed by atoms with Gasteiger partial charge in [-0.05, 0) is 33.8 Å². The summed E-state index contributed by atoms with van der Waals surface area (Å²) in [6, 6.07) is 2.06. The van der Waals surface area contributed by atoms with Crippen molar-refractivity contribution >= 4 is 27.3 Å². The lowest BCUT2D eigenvalue weighted by Gasteiger charge is -2.11. The predicted molar refractivity (Wildman–Crippen MR) is 58.1 cm³/mol. The summed E-state index contributed by atoms with van der Waals surface area (Å²) in [6.07, 6.45) is 0.806. The molecule has 0 bridgehead atoms. The molecule has 0 saturated carbocycles. The lowest BCUT2D eigenvalue weighted by Crippen LogP contribution is -2.19. The normalized spacial score (nSPS) is 28.2. The number of aliphatic hydroxyl groups is 1. The van der Waals surface area contributed by atoms with E-state index in [1.807, 2.05) is 0 Å². The van der Waals surface area contributed by atoms with Crippen LogP contribution in [0.25, 0.3) is 0 Å². The summed E-state index contributed by atoms with van der Waals surface area (Å²) < 4.78 is 1.18. The monoisotopic (exact) mass is 261 g/mol. The standard InChI is InChI=1S/C9H12BrNOS/c10-7-1-2-13-9(7)3-6-4-11-5-8(6)12/h1-2,6,8,11-12H,3-5H2/t6-,8-/m1/s1. The maximum absolute atomic E-state index is 9.61. The minimum absolute atomic E-state index is 0.172. The second-order valence-electron chi connectivity index (χ2n) is 3.38. The Morgan fingerprint density at radius 2 is 2.46 bits per heavy atom. The minimum Gasteiger partial charge on any atom is -0.391 e. The first-order valence-corrected chi connectivity index (χ1v) is 6.05. The van der Waals surface area contributed by atoms with E-state index < -0.39 is 0 Å². The number of nitrogens with one attached hydrogen (secondary N) is 1. The highest BCUT2D eigenvalue weighted by molar-refractivity contribution is 9.10. The molecule has 1 saturated heterocycles. The molecule has 13 heavy (non-hydrogen) atoms. The van der Waals surface area contributed by atoms with Crippen molar-refractivity contribution in [2.75, 3.05) is 13.1 Å². The Bertz CT molecular complexity index is 289. The van der Waals surface area contributed by atoms with Crippen LogP contribution in [0, 0.1) is 5.92 Å². The Morgan fingerprint density at radius 1 is 1.62 bits per heavy atom. The zero-order chi connectivity index (χ0) is 9.26. The Hall–Kier alpha value is 0.100. The minimum atomic E-state index is -0.172. The maximum atomic E-state index is 9.61. The van der Waals surface area contributed by atoms with Gasteiger partial charge in [0.25, 0.3) is 0 Å². The number of halogens is 1. The first kappa shape index (κ1) is 9.65. The van der Waals surface area contributed by atoms with Crippen molar-refractivity contribution in [2.45, 2.75) is 12.5 Å². The van der Waals surface area contributed by atoms with Gasteiger partial charge in [0.2, 0.25) is 0 Å². The van der Waals surface area contributed by atoms with Gasteiger partial charge in [0.15, 0.2) is 0 Å². The molecule has 0 spiro atoms. The fourth-order valence-corrected chi connectivity index (χ4v) is 3.25. The van der Waals surface area contributed by atoms with Crippen LogP contribution in [0.15, 0.2) is 15.9 Å². The van der Waals surface area contributed by atoms with Gasteiger partial charge in [0.1, 0.15) is 0 Å². The third-order valence-corrected chi connectivity index (χ3v) is 4.39. The van der Waals surface area contributed by atoms with Gasteiger partial charge < -0.3 is 10.4 Å². The summed E-state index contributed by atoms with van der Waals surface area (Å²) >= 11 is 5.25. The number of aliphatic hydroxyl groups excluding tert-OH is 1. The van der Waals surface area contributed by atoms with Crippen LogP contribution in [0.4, 0.5) is 0 Å². The second-order valence-corrected chi connectivity index (χ2v) is 5.24. The van der Waals surface area contributed by atoms with E-state index in [1.54, 1.807) is 11.3 Å². The van der Waals surface area contributed by atoms with Crippen molar-refractivity contribution < 1.29 is 5.11 Å². The van der Waals surface area contributed by atoms with Gasteiger partial charge in [0, 0.05) is 28.4 Å². The molecule has 0 aliphatic carbocycles. The van der Waals surface area contributed by atoms with E-state index in [0.717, 1.165) is 19.5 Å². The molecule has 1 aromatic rings. The fraction of sp³-hybridized carbons (Fsp3) is 0.556. The summed E-state index contributed by atoms with van der Waals surface area (Å²) in [7, 11) is 0. The lowest BCUT2D eigenvalue weighted by atomic mass is 10.0. The van der Waals surface area contributed by atoms with Crippen molar-refractivity contribution in [3.8, 4) is 0 Å². The van der Waals surface area contributed by atoms with Gasteiger partial charge in [-0.1, -0.05) is 0 Å². The molecule has 2 N–H and O–H groups in total. The molecule has 4 heteroatoms. The molecule has 2 rings (SSSR count). The van der Waals surface area contributed by atoms with Crippen LogP contribution in [0.5, 0.6) is 0 Å². The molecular formula is C9H12BrNOS. The third-order valence-electron chi connectivity index (χ3n) is 2.44. The number of thiophene rings is 1. The van der Waals surface area contributed by atoms with Gasteiger partial charge >= 0.3 is 0 Å². The molecule has 1 aliphatic rings. The number of hydrogen-bond acceptors (Lipinski definition) is 3. The van der Waals surface area contributed by atoms with Crippen LogP contribution in [0.3, 0.4) is 0 Å². The van der Waals surface area contributed by atoms with Gasteiger partial charge in [-0.25, -0.2) is 0 Å². The van der Waals surface area contributed by atoms with Crippen molar-refractivity contribution in [3.63, 3.8) is 0 Å². The van der Waals surface area contributed by atoms with E-state index in [1.165, 1.54) is 9.35 Å². The Balaban J connectivity index is 2.01. The van der Waals surface area contributed by atoms with E-state index >= 15 is 0 Å². The molecule has 2 atom stereocenters. The number of hydrogen-bond donors (Lipinski definition) is 2. The molecule has 0 unspecified atom stereocenters. The third kappa shape index (κ3) is 2.13. The number of β-amino-alcohol motifs (C(OH)–C–C–N with tert-alkyl or cyclic N) is 1. The molecule has 1 aliphatic heterocycles. The van der Waals surface area contributed by atoms with Crippen LogP contribution < -0.4 is 5.32 Å². The fourth-order valence-electron chi connectivity index (χ4n) is 1.64. The summed E-state index contributed by atoms with van der Waals surface area (Å²) in [4.78, 5) is 1.34. The summed E-state index contributed by atoms with van der Waals surface area (Å²) in [6.45, 7) is 1.68. The van der Waals surface area contributed by atoms with Crippen LogP contribution in [-0.4, -0.2) is 24.3 Å². The Morgan fingerprint density at radius 3 is 3.00 bits per heavy atom. The largest absolute Gasteiger partial charge is 0.391 e. The highest BCUT2D eigenvalue weighted by Gasteiger charge is 2.25. The van der Waals surface area contributed by atoms with E-state index in [4.69, 9.17) is 0 Å². The van der Waals surface area contributed by atoms with E-state index in [2.05, 4.69) is 32.7 Å². The van der Waals surface area contributed by atoms with Crippen LogP contribution in [0.1, 0.15) is 4.88 Å². The van der Waals surface area contributed by atoms with E-state index in [-0.39, 0.29) is 6.10 Å². The average molecular weight is 262 g/mol. The summed E-state index contributed by atoms with van der Waals surface area (Å²) in [5.74, 6) is 0.384. The van der Waals surface area contributed by atoms with Crippen molar-refractivity contribution in [3.05, 3.63) is 20.8 Å². The average Bonchev–Trinajstić information content (AvgIpc) is 2.65. The lowest BCUT2D eigenvalue weighted by molar-refractivity contribution is 0.148. The van der Waals surface area contributed by atoms with E-state index in [9.17, 15) is 5.11 Å². The Kier molecular flexibility index (Phi) is 3.03. The topological polar surface area (TPSA) is 32.3 Å². The highest BCUT2D eigenvalue weighted by atomic mass is 79.9. The quantitative estimate of drug-likeness (QED) is 0.849. The second kappa shape index (κ2) is 4.09. The molecule has 2 heterocycles. The van der Waals surface area contributed by atoms with Crippen LogP contribution >= 0.6 is 27.3 Å². The van der Waals surface area contributed by atoms with Crippen molar-refractivity contribution in [1.82, 2.24) is 5.32 Å². The predicted octanol–water partition coefficient (Wildman–Crippen LogP) is 1.63. The SMILES string of the molecule is O[C@@H]1CNC[C@H]1Cc1sccc1Br. The van der Waals surface area contributed by atoms with Gasteiger partial charge in [0.05, 0.1) is 6.10 Å². The molecule has 0 amide bonds. The van der Waals surface area contributed by atoms with E-state index in [0.29, 0.717) is 5.92 Å². The zero-order valence-electron chi connectivity index (χ0n) is 7.16. The highest BCUT2D eigenvalue weighted by Crippen LogP contribution is 2.27. The Labute approximate surface area is 90.1 Å². The molecule has 0 aromatic carbocycles. The molecule has 1 aromatic heterocycles. The molecular weight excluding hydrogens is 250 g/mol. The first-order chi connectivity index (χ1) is 6.27. The maximum Gasteiger partial charge on any atom is 0.0708 e. The first-order valence-electron chi connectivity index (χ1n) is 4.38. The van der Waals surface area contributed by atoms with Crippen LogP contribution in [-0.2, 0) is 6.42 Å². The molecule has 0 radical (unpaired) electrons. The van der Waals surface area contributed by atoms with Gasteiger partial charge in [-0.2, -0.15) is 0 Å². The van der Waals surface area contributed by atoms with Gasteiger partial charge in [-0.15, -0.1) is 11.3 Å². The van der Waals surface area contributed by atoms with Crippen molar-refractivity contribution in [2.24, 2.45) is 5.92 Å². The molecule has 2 nitrogen and oxygen atoms in total. The summed E-state index contributed by atoms with van der Waals surface area (Å²) in [5, 5.41) is 14.9. The summed E-state index contributed by atoms with van der Waals surface area (Å²) in [5.41, 5.74) is 0. The van der Waals surface area contributed by atoms with Crippen molar-refractivity contribution in [1.29, 1.82) is 0 Å². The zero-order valence-corrected chi connectivity index (χ0v) is 9.57. The molecule has 72 valence electrons.